The fourth-order valence-electron chi connectivity index (χ4n) is 1.48. The van der Waals surface area contributed by atoms with Crippen molar-refractivity contribution in [2.75, 3.05) is 5.32 Å². The van der Waals surface area contributed by atoms with E-state index < -0.39 is 6.10 Å². The molecule has 0 aliphatic carbocycles. The van der Waals surface area contributed by atoms with Crippen LogP contribution in [0.3, 0.4) is 0 Å². The van der Waals surface area contributed by atoms with E-state index in [0.29, 0.717) is 11.6 Å². The van der Waals surface area contributed by atoms with Crippen molar-refractivity contribution >= 4 is 11.7 Å². The first-order valence-corrected chi connectivity index (χ1v) is 5.79. The minimum absolute atomic E-state index is 0.323. The third kappa shape index (κ3) is 3.54. The van der Waals surface area contributed by atoms with Crippen LogP contribution in [0.2, 0.25) is 0 Å². The Hall–Kier alpha value is -2.37. The maximum atomic E-state index is 12.7. The molecule has 0 radical (unpaired) electrons. The normalized spacial score (nSPS) is 11.9. The molecule has 0 aliphatic heterocycles. The molecule has 0 saturated heterocycles. The van der Waals surface area contributed by atoms with Crippen LogP contribution in [0.5, 0.6) is 5.75 Å². The van der Waals surface area contributed by atoms with Crippen LogP contribution in [0.25, 0.3) is 0 Å². The van der Waals surface area contributed by atoms with Gasteiger partial charge >= 0.3 is 0 Å². The number of nitrogens with zero attached hydrogens (tertiary/aromatic N) is 1. The lowest BCUT2D eigenvalue weighted by Gasteiger charge is -2.13. The second kappa shape index (κ2) is 5.51. The summed E-state index contributed by atoms with van der Waals surface area (Å²) in [6, 6.07) is 7.20. The monoisotopic (exact) mass is 263 g/mol. The smallest absolute Gasteiger partial charge is 0.266 e. The Balaban J connectivity index is 1.94. The minimum atomic E-state index is -0.706. The molecule has 1 unspecified atom stereocenters. The molecule has 5 nitrogen and oxygen atoms in total. The molecule has 2 rings (SSSR count). The van der Waals surface area contributed by atoms with E-state index in [4.69, 9.17) is 4.74 Å². The highest BCUT2D eigenvalue weighted by atomic mass is 19.1. The predicted octanol–water partition coefficient (Wildman–Crippen LogP) is 2.26. The first kappa shape index (κ1) is 13.1. The molecule has 100 valence electrons. The van der Waals surface area contributed by atoms with Gasteiger partial charge in [-0.3, -0.25) is 9.89 Å². The lowest BCUT2D eigenvalue weighted by atomic mass is 10.3. The minimum Gasteiger partial charge on any atom is -0.481 e. The Morgan fingerprint density at radius 3 is 2.68 bits per heavy atom. The highest BCUT2D eigenvalue weighted by Gasteiger charge is 2.15. The van der Waals surface area contributed by atoms with E-state index in [1.807, 2.05) is 6.92 Å². The Kier molecular flexibility index (Phi) is 3.79. The van der Waals surface area contributed by atoms with Crippen molar-refractivity contribution in [3.63, 3.8) is 0 Å². The van der Waals surface area contributed by atoms with Gasteiger partial charge in [0.1, 0.15) is 11.6 Å². The number of amides is 1. The fraction of sp³-hybridized carbons (Fsp3) is 0.231. The number of H-pyrrole nitrogens is 1. The number of hydrogen-bond acceptors (Lipinski definition) is 3. The van der Waals surface area contributed by atoms with Gasteiger partial charge in [-0.05, 0) is 38.1 Å². The van der Waals surface area contributed by atoms with Crippen molar-refractivity contribution in [3.05, 3.63) is 41.8 Å². The van der Waals surface area contributed by atoms with Crippen molar-refractivity contribution in [1.29, 1.82) is 0 Å². The van der Waals surface area contributed by atoms with Gasteiger partial charge in [-0.15, -0.1) is 0 Å². The van der Waals surface area contributed by atoms with Crippen LogP contribution in [0.1, 0.15) is 12.6 Å². The second-order valence-corrected chi connectivity index (χ2v) is 4.14. The van der Waals surface area contributed by atoms with Gasteiger partial charge in [-0.2, -0.15) is 5.10 Å². The molecule has 0 fully saturated rings. The summed E-state index contributed by atoms with van der Waals surface area (Å²) < 4.78 is 18.1. The van der Waals surface area contributed by atoms with Crippen LogP contribution in [-0.2, 0) is 4.79 Å². The second-order valence-electron chi connectivity index (χ2n) is 4.14. The number of benzene rings is 1. The first-order chi connectivity index (χ1) is 9.04. The zero-order valence-corrected chi connectivity index (χ0v) is 10.6. The van der Waals surface area contributed by atoms with E-state index in [-0.39, 0.29) is 11.7 Å². The summed E-state index contributed by atoms with van der Waals surface area (Å²) in [6.07, 6.45) is -0.706. The molecule has 6 heteroatoms. The molecule has 2 aromatic rings. The van der Waals surface area contributed by atoms with Gasteiger partial charge < -0.3 is 10.1 Å². The van der Waals surface area contributed by atoms with Gasteiger partial charge in [0.25, 0.3) is 5.91 Å². The van der Waals surface area contributed by atoms with Crippen LogP contribution in [-0.4, -0.2) is 22.2 Å². The number of halogens is 1. The number of aryl methyl sites for hydroxylation is 1. The van der Waals surface area contributed by atoms with E-state index >= 15 is 0 Å². The summed E-state index contributed by atoms with van der Waals surface area (Å²) >= 11 is 0. The van der Waals surface area contributed by atoms with E-state index in [2.05, 4.69) is 15.5 Å². The Labute approximate surface area is 109 Å². The van der Waals surface area contributed by atoms with Gasteiger partial charge in [-0.25, -0.2) is 4.39 Å². The number of carbonyl (C=O) groups excluding carboxylic acids is 1. The molecule has 1 aromatic heterocycles. The van der Waals surface area contributed by atoms with Gasteiger partial charge in [0.05, 0.1) is 0 Å². The molecule has 0 spiro atoms. The lowest BCUT2D eigenvalue weighted by Crippen LogP contribution is -2.30. The predicted molar refractivity (Wildman–Crippen MR) is 68.4 cm³/mol. The third-order valence-corrected chi connectivity index (χ3v) is 2.45. The van der Waals surface area contributed by atoms with E-state index in [0.717, 1.165) is 5.69 Å². The highest BCUT2D eigenvalue weighted by molar-refractivity contribution is 5.93. The van der Waals surface area contributed by atoms with Crippen LogP contribution < -0.4 is 10.1 Å². The molecule has 2 N–H and O–H groups in total. The number of nitrogens with one attached hydrogen (secondary N) is 2. The molecule has 0 bridgehead atoms. The van der Waals surface area contributed by atoms with Crippen molar-refractivity contribution in [1.82, 2.24) is 10.2 Å². The van der Waals surface area contributed by atoms with Gasteiger partial charge in [0, 0.05) is 11.8 Å². The summed E-state index contributed by atoms with van der Waals surface area (Å²) in [7, 11) is 0. The molecule has 0 aliphatic rings. The molecule has 1 atom stereocenters. The van der Waals surface area contributed by atoms with Crippen LogP contribution in [0.15, 0.2) is 30.3 Å². The molecule has 19 heavy (non-hydrogen) atoms. The molecule has 0 saturated carbocycles. The lowest BCUT2D eigenvalue weighted by molar-refractivity contribution is -0.122. The molecular weight excluding hydrogens is 249 g/mol. The number of carbonyl (C=O) groups is 1. The Bertz CT molecular complexity index is 566. The molecule has 1 amide bonds. The number of anilines is 1. The molecule has 1 heterocycles. The summed E-state index contributed by atoms with van der Waals surface area (Å²) in [6.45, 7) is 3.44. The van der Waals surface area contributed by atoms with Crippen molar-refractivity contribution in [2.45, 2.75) is 20.0 Å². The summed E-state index contributed by atoms with van der Waals surface area (Å²) in [5.41, 5.74) is 0.849. The average Bonchev–Trinajstić information content (AvgIpc) is 2.77. The number of rotatable bonds is 4. The first-order valence-electron chi connectivity index (χ1n) is 5.79. The fourth-order valence-corrected chi connectivity index (χ4v) is 1.48. The van der Waals surface area contributed by atoms with E-state index in [9.17, 15) is 9.18 Å². The van der Waals surface area contributed by atoms with Gasteiger partial charge in [0.2, 0.25) is 0 Å². The summed E-state index contributed by atoms with van der Waals surface area (Å²) in [5.74, 6) is 0.201. The maximum Gasteiger partial charge on any atom is 0.266 e. The topological polar surface area (TPSA) is 67.0 Å². The van der Waals surface area contributed by atoms with Crippen LogP contribution >= 0.6 is 0 Å². The number of hydrogen-bond donors (Lipinski definition) is 2. The van der Waals surface area contributed by atoms with E-state index in [1.54, 1.807) is 13.0 Å². The summed E-state index contributed by atoms with van der Waals surface area (Å²) in [4.78, 5) is 11.8. The van der Waals surface area contributed by atoms with Gasteiger partial charge in [-0.1, -0.05) is 0 Å². The standard InChI is InChI=1S/C13H14FN3O2/c1-8-7-12(17-16-8)15-13(18)9(2)19-11-5-3-10(14)4-6-11/h3-7,9H,1-2H3,(H2,15,16,17,18). The number of aromatic amines is 1. The SMILES string of the molecule is Cc1cc(NC(=O)C(C)Oc2ccc(F)cc2)n[nH]1. The highest BCUT2D eigenvalue weighted by Crippen LogP contribution is 2.14. The third-order valence-electron chi connectivity index (χ3n) is 2.45. The van der Waals surface area contributed by atoms with Crippen molar-refractivity contribution in [3.8, 4) is 5.75 Å². The molecular formula is C13H14FN3O2. The average molecular weight is 263 g/mol. The van der Waals surface area contributed by atoms with Crippen LogP contribution in [0, 0.1) is 12.7 Å². The summed E-state index contributed by atoms with van der Waals surface area (Å²) in [5, 5.41) is 9.23. The molecule has 1 aromatic carbocycles. The number of aromatic nitrogens is 2. The Morgan fingerprint density at radius 2 is 2.11 bits per heavy atom. The van der Waals surface area contributed by atoms with Gasteiger partial charge in [0.15, 0.2) is 11.9 Å². The zero-order valence-electron chi connectivity index (χ0n) is 10.6. The van der Waals surface area contributed by atoms with Crippen molar-refractivity contribution < 1.29 is 13.9 Å². The maximum absolute atomic E-state index is 12.7. The quantitative estimate of drug-likeness (QED) is 0.889. The largest absolute Gasteiger partial charge is 0.481 e. The van der Waals surface area contributed by atoms with E-state index in [1.165, 1.54) is 24.3 Å². The number of ether oxygens (including phenoxy) is 1. The Morgan fingerprint density at radius 1 is 1.42 bits per heavy atom. The zero-order chi connectivity index (χ0) is 13.8. The van der Waals surface area contributed by atoms with Crippen molar-refractivity contribution in [2.24, 2.45) is 0 Å². The van der Waals surface area contributed by atoms with Crippen LogP contribution in [0.4, 0.5) is 10.2 Å².